The van der Waals surface area contributed by atoms with Gasteiger partial charge in [0.05, 0.1) is 17.3 Å². The molecule has 0 spiro atoms. The van der Waals surface area contributed by atoms with Gasteiger partial charge < -0.3 is 21.1 Å². The molecular formula is C27H38ClN5O5. The Bertz CT molecular complexity index is 1090. The standard InChI is InChI=1S/C25H32ClN5O5.C2H6/c1-5-36-19(32)14-28-31-23(34)20(15-9-7-6-8-10-15)29-24(35)21(25(2,3)4)30-22(33)16-11-12-18(27)17(26)13-16;1-2/h6-13,20-21,28H,5,14,27H2,1-4H3,(H,29,35)(H,30,33)(H,31,34);1-2H3. The van der Waals surface area contributed by atoms with Crippen LogP contribution < -0.4 is 27.2 Å². The number of esters is 1. The maximum Gasteiger partial charge on any atom is 0.321 e. The lowest BCUT2D eigenvalue weighted by Crippen LogP contribution is -2.56. The number of nitrogen functional groups attached to an aromatic ring is 1. The van der Waals surface area contributed by atoms with Gasteiger partial charge in [0.2, 0.25) is 5.91 Å². The number of hydrogen-bond donors (Lipinski definition) is 5. The predicted molar refractivity (Wildman–Crippen MR) is 148 cm³/mol. The van der Waals surface area contributed by atoms with Crippen molar-refractivity contribution in [3.8, 4) is 0 Å². The van der Waals surface area contributed by atoms with Crippen LogP contribution in [0.25, 0.3) is 0 Å². The van der Waals surface area contributed by atoms with Crippen LogP contribution in [-0.4, -0.2) is 42.9 Å². The van der Waals surface area contributed by atoms with Crippen molar-refractivity contribution in [2.24, 2.45) is 5.41 Å². The lowest BCUT2D eigenvalue weighted by Gasteiger charge is -2.32. The maximum atomic E-state index is 13.4. The monoisotopic (exact) mass is 547 g/mol. The molecule has 38 heavy (non-hydrogen) atoms. The first-order valence-corrected chi connectivity index (χ1v) is 12.7. The second-order valence-corrected chi connectivity index (χ2v) is 9.42. The van der Waals surface area contributed by atoms with Gasteiger partial charge in [-0.2, -0.15) is 0 Å². The van der Waals surface area contributed by atoms with Gasteiger partial charge in [0.1, 0.15) is 18.6 Å². The molecule has 0 radical (unpaired) electrons. The molecule has 0 bridgehead atoms. The van der Waals surface area contributed by atoms with Crippen molar-refractivity contribution < 1.29 is 23.9 Å². The van der Waals surface area contributed by atoms with Crippen molar-refractivity contribution in [3.05, 3.63) is 64.7 Å². The van der Waals surface area contributed by atoms with Gasteiger partial charge in [-0.3, -0.25) is 24.6 Å². The van der Waals surface area contributed by atoms with Gasteiger partial charge in [-0.1, -0.05) is 76.6 Å². The summed E-state index contributed by atoms with van der Waals surface area (Å²) in [5.41, 5.74) is 11.0. The highest BCUT2D eigenvalue weighted by Crippen LogP contribution is 2.23. The number of carbonyl (C=O) groups excluding carboxylic acids is 4. The summed E-state index contributed by atoms with van der Waals surface area (Å²) in [5, 5.41) is 5.66. The second-order valence-electron chi connectivity index (χ2n) is 9.01. The van der Waals surface area contributed by atoms with Gasteiger partial charge in [-0.15, -0.1) is 0 Å². The van der Waals surface area contributed by atoms with E-state index in [1.807, 2.05) is 13.8 Å². The summed E-state index contributed by atoms with van der Waals surface area (Å²) in [4.78, 5) is 50.8. The number of hydrogen-bond acceptors (Lipinski definition) is 7. The smallest absolute Gasteiger partial charge is 0.321 e. The van der Waals surface area contributed by atoms with Crippen LogP contribution in [0.2, 0.25) is 5.02 Å². The second kappa shape index (κ2) is 15.6. The number of benzene rings is 2. The molecule has 0 heterocycles. The summed E-state index contributed by atoms with van der Waals surface area (Å²) in [6.45, 7) is 11.0. The number of ether oxygens (including phenoxy) is 1. The Balaban J connectivity index is 0.00000352. The average Bonchev–Trinajstić information content (AvgIpc) is 2.88. The summed E-state index contributed by atoms with van der Waals surface area (Å²) in [6.07, 6.45) is 0. The lowest BCUT2D eigenvalue weighted by atomic mass is 9.85. The number of nitrogens with one attached hydrogen (secondary N) is 4. The fourth-order valence-corrected chi connectivity index (χ4v) is 3.40. The number of rotatable bonds is 10. The van der Waals surface area contributed by atoms with Gasteiger partial charge in [-0.25, -0.2) is 5.43 Å². The molecule has 0 aliphatic heterocycles. The van der Waals surface area contributed by atoms with Gasteiger partial charge in [0.15, 0.2) is 0 Å². The summed E-state index contributed by atoms with van der Waals surface area (Å²) < 4.78 is 4.81. The van der Waals surface area contributed by atoms with Gasteiger partial charge in [0.25, 0.3) is 11.8 Å². The molecule has 2 atom stereocenters. The van der Waals surface area contributed by atoms with Crippen LogP contribution in [0.5, 0.6) is 0 Å². The first-order valence-electron chi connectivity index (χ1n) is 12.3. The predicted octanol–water partition coefficient (Wildman–Crippen LogP) is 3.13. The minimum atomic E-state index is -1.11. The topological polar surface area (TPSA) is 152 Å². The largest absolute Gasteiger partial charge is 0.465 e. The molecule has 11 heteroatoms. The molecule has 2 unspecified atom stereocenters. The minimum Gasteiger partial charge on any atom is -0.465 e. The van der Waals surface area contributed by atoms with Crippen LogP contribution in [0.1, 0.15) is 63.5 Å². The molecule has 0 saturated heterocycles. The van der Waals surface area contributed by atoms with E-state index in [9.17, 15) is 19.2 Å². The molecule has 2 rings (SSSR count). The number of amides is 3. The van der Waals surface area contributed by atoms with E-state index in [-0.39, 0.29) is 23.7 Å². The highest BCUT2D eigenvalue weighted by molar-refractivity contribution is 6.33. The molecule has 2 aromatic rings. The van der Waals surface area contributed by atoms with E-state index in [4.69, 9.17) is 22.1 Å². The Kier molecular flexibility index (Phi) is 13.3. The third-order valence-corrected chi connectivity index (χ3v) is 5.42. The first kappa shape index (κ1) is 32.4. The highest BCUT2D eigenvalue weighted by Gasteiger charge is 2.35. The molecule has 6 N–H and O–H groups in total. The Morgan fingerprint density at radius 1 is 0.974 bits per heavy atom. The quantitative estimate of drug-likeness (QED) is 0.174. The average molecular weight is 548 g/mol. The van der Waals surface area contributed by atoms with E-state index < -0.39 is 41.2 Å². The van der Waals surface area contributed by atoms with Crippen molar-refractivity contribution >= 4 is 41.0 Å². The summed E-state index contributed by atoms with van der Waals surface area (Å²) in [6, 6.07) is 10.9. The third-order valence-electron chi connectivity index (χ3n) is 5.10. The van der Waals surface area contributed by atoms with E-state index in [1.165, 1.54) is 18.2 Å². The van der Waals surface area contributed by atoms with Gasteiger partial charge in [-0.05, 0) is 36.1 Å². The lowest BCUT2D eigenvalue weighted by molar-refractivity contribution is -0.142. The molecule has 208 valence electrons. The van der Waals surface area contributed by atoms with Crippen LogP contribution in [0, 0.1) is 5.41 Å². The van der Waals surface area contributed by atoms with Crippen LogP contribution in [-0.2, 0) is 19.1 Å². The fraction of sp³-hybridized carbons (Fsp3) is 0.407. The van der Waals surface area contributed by atoms with Gasteiger partial charge >= 0.3 is 5.97 Å². The molecular weight excluding hydrogens is 510 g/mol. The van der Waals surface area contributed by atoms with Crippen LogP contribution in [0.3, 0.4) is 0 Å². The van der Waals surface area contributed by atoms with E-state index in [1.54, 1.807) is 58.0 Å². The summed E-state index contributed by atoms with van der Waals surface area (Å²) in [5.74, 6) is -2.25. The Morgan fingerprint density at radius 3 is 2.16 bits per heavy atom. The van der Waals surface area contributed by atoms with Crippen molar-refractivity contribution in [2.75, 3.05) is 18.9 Å². The molecule has 0 fully saturated rings. The number of halogens is 1. The Morgan fingerprint density at radius 2 is 1.61 bits per heavy atom. The Labute approximate surface area is 229 Å². The number of hydrazine groups is 1. The van der Waals surface area contributed by atoms with Crippen molar-refractivity contribution in [2.45, 2.75) is 53.6 Å². The molecule has 3 amide bonds. The Hall–Kier alpha value is -3.63. The zero-order chi connectivity index (χ0) is 28.9. The molecule has 0 aromatic heterocycles. The van der Waals surface area contributed by atoms with E-state index in [0.29, 0.717) is 11.3 Å². The van der Waals surface area contributed by atoms with E-state index in [0.717, 1.165) is 0 Å². The number of carbonyl (C=O) groups is 4. The van der Waals surface area contributed by atoms with E-state index in [2.05, 4.69) is 21.5 Å². The van der Waals surface area contributed by atoms with Crippen molar-refractivity contribution in [1.29, 1.82) is 0 Å². The van der Waals surface area contributed by atoms with Gasteiger partial charge in [0, 0.05) is 5.56 Å². The third kappa shape index (κ3) is 10.0. The minimum absolute atomic E-state index is 0.208. The summed E-state index contributed by atoms with van der Waals surface area (Å²) >= 11 is 6.03. The maximum absolute atomic E-state index is 13.4. The van der Waals surface area contributed by atoms with Crippen molar-refractivity contribution in [1.82, 2.24) is 21.5 Å². The first-order chi connectivity index (χ1) is 17.9. The van der Waals surface area contributed by atoms with Crippen LogP contribution in [0.15, 0.2) is 48.5 Å². The van der Waals surface area contributed by atoms with Crippen molar-refractivity contribution in [3.63, 3.8) is 0 Å². The normalized spacial score (nSPS) is 12.2. The molecule has 0 aliphatic rings. The number of anilines is 1. The summed E-state index contributed by atoms with van der Waals surface area (Å²) in [7, 11) is 0. The molecule has 2 aromatic carbocycles. The van der Waals surface area contributed by atoms with E-state index >= 15 is 0 Å². The molecule has 0 aliphatic carbocycles. The van der Waals surface area contributed by atoms with Crippen LogP contribution >= 0.6 is 11.6 Å². The fourth-order valence-electron chi connectivity index (χ4n) is 3.22. The number of nitrogens with two attached hydrogens (primary N) is 1. The highest BCUT2D eigenvalue weighted by atomic mass is 35.5. The van der Waals surface area contributed by atoms with Crippen LogP contribution in [0.4, 0.5) is 5.69 Å². The molecule has 0 saturated carbocycles. The zero-order valence-corrected chi connectivity index (χ0v) is 23.4. The zero-order valence-electron chi connectivity index (χ0n) is 22.7. The SMILES string of the molecule is CC.CCOC(=O)CNNC(=O)C(NC(=O)C(NC(=O)c1ccc(N)c(Cl)c1)C(C)(C)C)c1ccccc1. The molecule has 10 nitrogen and oxygen atoms in total.